The first-order chi connectivity index (χ1) is 8.85. The van der Waals surface area contributed by atoms with Crippen LogP contribution in [-0.4, -0.2) is 22.6 Å². The van der Waals surface area contributed by atoms with Crippen LogP contribution in [0.2, 0.25) is 0 Å². The lowest BCUT2D eigenvalue weighted by atomic mass is 9.92. The highest BCUT2D eigenvalue weighted by Crippen LogP contribution is 2.33. The van der Waals surface area contributed by atoms with E-state index in [0.717, 1.165) is 24.9 Å². The molecular weight excluding hydrogens is 222 g/mol. The standard InChI is InChI=1S/C15H27N3/c1-3-9-18-10-8-17-15(18)11-13-6-5-7-14(13)12-16-4-2/h8,10,13-14,16H,3-7,9,11-12H2,1-2H3. The first kappa shape index (κ1) is 13.6. The molecule has 0 aromatic carbocycles. The molecule has 1 N–H and O–H groups in total. The van der Waals surface area contributed by atoms with Crippen LogP contribution < -0.4 is 5.32 Å². The molecule has 3 nitrogen and oxygen atoms in total. The molecule has 102 valence electrons. The molecule has 1 aliphatic carbocycles. The van der Waals surface area contributed by atoms with Crippen molar-refractivity contribution < 1.29 is 0 Å². The van der Waals surface area contributed by atoms with Crippen molar-refractivity contribution in [2.45, 2.75) is 52.5 Å². The molecule has 2 unspecified atom stereocenters. The molecule has 1 fully saturated rings. The van der Waals surface area contributed by atoms with Crippen molar-refractivity contribution in [2.24, 2.45) is 11.8 Å². The molecule has 0 bridgehead atoms. The number of imidazole rings is 1. The van der Waals surface area contributed by atoms with Crippen molar-refractivity contribution in [2.75, 3.05) is 13.1 Å². The van der Waals surface area contributed by atoms with E-state index in [4.69, 9.17) is 0 Å². The van der Waals surface area contributed by atoms with E-state index < -0.39 is 0 Å². The predicted molar refractivity (Wildman–Crippen MR) is 75.6 cm³/mol. The Hall–Kier alpha value is -0.830. The maximum Gasteiger partial charge on any atom is 0.108 e. The van der Waals surface area contributed by atoms with Crippen molar-refractivity contribution in [1.82, 2.24) is 14.9 Å². The lowest BCUT2D eigenvalue weighted by molar-refractivity contribution is 0.358. The maximum absolute atomic E-state index is 4.56. The topological polar surface area (TPSA) is 29.9 Å². The number of nitrogens with zero attached hydrogens (tertiary/aromatic N) is 2. The number of aryl methyl sites for hydroxylation is 1. The van der Waals surface area contributed by atoms with Gasteiger partial charge in [0.2, 0.25) is 0 Å². The Kier molecular flexibility index (Phi) is 5.24. The highest BCUT2D eigenvalue weighted by molar-refractivity contribution is 4.96. The molecule has 2 atom stereocenters. The molecule has 0 saturated heterocycles. The lowest BCUT2D eigenvalue weighted by Gasteiger charge is -2.20. The summed E-state index contributed by atoms with van der Waals surface area (Å²) in [6.45, 7) is 7.81. The summed E-state index contributed by atoms with van der Waals surface area (Å²) in [5.74, 6) is 2.99. The van der Waals surface area contributed by atoms with Crippen LogP contribution in [-0.2, 0) is 13.0 Å². The van der Waals surface area contributed by atoms with Gasteiger partial charge in [-0.3, -0.25) is 0 Å². The first-order valence-electron chi connectivity index (χ1n) is 7.55. The van der Waals surface area contributed by atoms with Gasteiger partial charge in [-0.05, 0) is 44.2 Å². The number of hydrogen-bond donors (Lipinski definition) is 1. The second-order valence-corrected chi connectivity index (χ2v) is 5.50. The van der Waals surface area contributed by atoms with Gasteiger partial charge in [0, 0.05) is 25.4 Å². The number of nitrogens with one attached hydrogen (secondary N) is 1. The number of aromatic nitrogens is 2. The Morgan fingerprint density at radius 1 is 1.33 bits per heavy atom. The first-order valence-corrected chi connectivity index (χ1v) is 7.55. The molecule has 3 heteroatoms. The molecule has 2 rings (SSSR count). The zero-order chi connectivity index (χ0) is 12.8. The van der Waals surface area contributed by atoms with Crippen LogP contribution in [0.5, 0.6) is 0 Å². The number of rotatable bonds is 7. The van der Waals surface area contributed by atoms with Gasteiger partial charge in [-0.1, -0.05) is 20.3 Å². The Bertz CT molecular complexity index is 345. The summed E-state index contributed by atoms with van der Waals surface area (Å²) < 4.78 is 2.34. The smallest absolute Gasteiger partial charge is 0.108 e. The lowest BCUT2D eigenvalue weighted by Crippen LogP contribution is -2.26. The summed E-state index contributed by atoms with van der Waals surface area (Å²) in [6, 6.07) is 0. The number of hydrogen-bond acceptors (Lipinski definition) is 2. The Labute approximate surface area is 111 Å². The van der Waals surface area contributed by atoms with Crippen molar-refractivity contribution in [3.63, 3.8) is 0 Å². The van der Waals surface area contributed by atoms with Gasteiger partial charge < -0.3 is 9.88 Å². The molecule has 1 saturated carbocycles. The Morgan fingerprint density at radius 3 is 2.94 bits per heavy atom. The minimum absolute atomic E-state index is 0.835. The van der Waals surface area contributed by atoms with Gasteiger partial charge >= 0.3 is 0 Å². The fraction of sp³-hybridized carbons (Fsp3) is 0.800. The Morgan fingerprint density at radius 2 is 2.17 bits per heavy atom. The minimum atomic E-state index is 0.835. The third-order valence-corrected chi connectivity index (χ3v) is 4.18. The minimum Gasteiger partial charge on any atom is -0.335 e. The molecule has 1 heterocycles. The highest BCUT2D eigenvalue weighted by atomic mass is 15.1. The van der Waals surface area contributed by atoms with E-state index in [0.29, 0.717) is 0 Å². The molecule has 1 aromatic rings. The monoisotopic (exact) mass is 249 g/mol. The van der Waals surface area contributed by atoms with Gasteiger partial charge in [-0.15, -0.1) is 0 Å². The molecule has 1 aliphatic rings. The van der Waals surface area contributed by atoms with Gasteiger partial charge in [0.15, 0.2) is 0 Å². The van der Waals surface area contributed by atoms with Gasteiger partial charge in [-0.2, -0.15) is 0 Å². The molecule has 0 radical (unpaired) electrons. The van der Waals surface area contributed by atoms with E-state index >= 15 is 0 Å². The molecule has 0 spiro atoms. The van der Waals surface area contributed by atoms with E-state index in [9.17, 15) is 0 Å². The summed E-state index contributed by atoms with van der Waals surface area (Å²) in [5.41, 5.74) is 0. The molecular formula is C15H27N3. The molecule has 0 amide bonds. The van der Waals surface area contributed by atoms with Crippen LogP contribution in [0, 0.1) is 11.8 Å². The van der Waals surface area contributed by atoms with Crippen molar-refractivity contribution >= 4 is 0 Å². The third-order valence-electron chi connectivity index (χ3n) is 4.18. The summed E-state index contributed by atoms with van der Waals surface area (Å²) in [4.78, 5) is 4.56. The zero-order valence-corrected chi connectivity index (χ0v) is 11.9. The van der Waals surface area contributed by atoms with Gasteiger partial charge in [0.1, 0.15) is 5.82 Å². The molecule has 18 heavy (non-hydrogen) atoms. The normalized spacial score (nSPS) is 23.7. The SMILES string of the molecule is CCCn1ccnc1CC1CCCC1CNCC. The van der Waals surface area contributed by atoms with Crippen molar-refractivity contribution in [3.05, 3.63) is 18.2 Å². The highest BCUT2D eigenvalue weighted by Gasteiger charge is 2.27. The zero-order valence-electron chi connectivity index (χ0n) is 11.9. The van der Waals surface area contributed by atoms with E-state index in [1.165, 1.54) is 44.5 Å². The predicted octanol–water partition coefficient (Wildman–Crippen LogP) is 2.86. The van der Waals surface area contributed by atoms with Crippen LogP contribution in [0.1, 0.15) is 45.4 Å². The van der Waals surface area contributed by atoms with Crippen LogP contribution in [0.25, 0.3) is 0 Å². The van der Waals surface area contributed by atoms with Crippen molar-refractivity contribution in [1.29, 1.82) is 0 Å². The maximum atomic E-state index is 4.56. The van der Waals surface area contributed by atoms with Crippen molar-refractivity contribution in [3.8, 4) is 0 Å². The average Bonchev–Trinajstić information content (AvgIpc) is 2.98. The van der Waals surface area contributed by atoms with Crippen LogP contribution >= 0.6 is 0 Å². The molecule has 0 aliphatic heterocycles. The average molecular weight is 249 g/mol. The fourth-order valence-corrected chi connectivity index (χ4v) is 3.19. The largest absolute Gasteiger partial charge is 0.335 e. The van der Waals surface area contributed by atoms with Crippen LogP contribution in [0.15, 0.2) is 12.4 Å². The summed E-state index contributed by atoms with van der Waals surface area (Å²) in [5, 5.41) is 3.51. The van der Waals surface area contributed by atoms with E-state index in [2.05, 4.69) is 34.9 Å². The summed E-state index contributed by atoms with van der Waals surface area (Å²) in [6.07, 6.45) is 10.6. The van der Waals surface area contributed by atoms with Gasteiger partial charge in [0.05, 0.1) is 0 Å². The third kappa shape index (κ3) is 3.35. The quantitative estimate of drug-likeness (QED) is 0.805. The van der Waals surface area contributed by atoms with E-state index in [-0.39, 0.29) is 0 Å². The van der Waals surface area contributed by atoms with E-state index in [1.807, 2.05) is 6.20 Å². The Balaban J connectivity index is 1.92. The fourth-order valence-electron chi connectivity index (χ4n) is 3.19. The second-order valence-electron chi connectivity index (χ2n) is 5.50. The van der Waals surface area contributed by atoms with E-state index in [1.54, 1.807) is 0 Å². The van der Waals surface area contributed by atoms with Gasteiger partial charge in [-0.25, -0.2) is 4.98 Å². The van der Waals surface area contributed by atoms with Gasteiger partial charge in [0.25, 0.3) is 0 Å². The molecule has 1 aromatic heterocycles. The second kappa shape index (κ2) is 6.93. The summed E-state index contributed by atoms with van der Waals surface area (Å²) in [7, 11) is 0. The van der Waals surface area contributed by atoms with Crippen LogP contribution in [0.4, 0.5) is 0 Å². The van der Waals surface area contributed by atoms with Crippen LogP contribution in [0.3, 0.4) is 0 Å². The summed E-state index contributed by atoms with van der Waals surface area (Å²) >= 11 is 0.